The van der Waals surface area contributed by atoms with Gasteiger partial charge in [0.2, 0.25) is 0 Å². The molecule has 0 radical (unpaired) electrons. The first-order chi connectivity index (χ1) is 9.64. The van der Waals surface area contributed by atoms with Gasteiger partial charge < -0.3 is 10.2 Å². The van der Waals surface area contributed by atoms with Crippen molar-refractivity contribution < 1.29 is 10.2 Å². The minimum atomic E-state index is -0.483. The van der Waals surface area contributed by atoms with E-state index in [1.54, 1.807) is 0 Å². The third kappa shape index (κ3) is 3.50. The summed E-state index contributed by atoms with van der Waals surface area (Å²) in [6, 6.07) is 0. The van der Waals surface area contributed by atoms with Gasteiger partial charge in [0.25, 0.3) is 0 Å². The number of allylic oxidation sites excluding steroid dienone is 4. The molecule has 3 atom stereocenters. The van der Waals surface area contributed by atoms with Crippen LogP contribution in [-0.2, 0) is 0 Å². The zero-order chi connectivity index (χ0) is 15.9. The molecule has 6 heteroatoms. The van der Waals surface area contributed by atoms with Crippen LogP contribution in [-0.4, -0.2) is 32.4 Å². The molecule has 2 nitrogen and oxygen atoms in total. The highest BCUT2D eigenvalue weighted by atomic mass is 35.5. The minimum absolute atomic E-state index is 0.0400. The molecule has 0 aromatic heterocycles. The summed E-state index contributed by atoms with van der Waals surface area (Å²) >= 11 is 24.8. The predicted molar refractivity (Wildman–Crippen MR) is 91.0 cm³/mol. The Bertz CT molecular complexity index is 460. The van der Waals surface area contributed by atoms with E-state index in [1.807, 2.05) is 6.08 Å². The van der Waals surface area contributed by atoms with Gasteiger partial charge in [0.1, 0.15) is 16.5 Å². The molecule has 0 saturated heterocycles. The highest BCUT2D eigenvalue weighted by Gasteiger charge is 2.45. The fourth-order valence-electron chi connectivity index (χ4n) is 3.19. The molecule has 0 bridgehead atoms. The average Bonchev–Trinajstić information content (AvgIpc) is 2.40. The van der Waals surface area contributed by atoms with Gasteiger partial charge in [0.05, 0.1) is 10.4 Å². The van der Waals surface area contributed by atoms with E-state index < -0.39 is 11.5 Å². The van der Waals surface area contributed by atoms with Gasteiger partial charge >= 0.3 is 0 Å². The Labute approximate surface area is 145 Å². The van der Waals surface area contributed by atoms with Crippen molar-refractivity contribution in [2.45, 2.75) is 55.3 Å². The van der Waals surface area contributed by atoms with Gasteiger partial charge in [-0.3, -0.25) is 0 Å². The maximum Gasteiger partial charge on any atom is 0.186 e. The zero-order valence-corrected chi connectivity index (χ0v) is 15.1. The number of halogens is 4. The Hall–Kier alpha value is 0.400. The molecule has 2 aliphatic carbocycles. The van der Waals surface area contributed by atoms with Crippen LogP contribution in [0.2, 0.25) is 0 Å². The number of hydrogen-bond donors (Lipinski definition) is 1. The summed E-state index contributed by atoms with van der Waals surface area (Å²) in [5, 5.41) is 17.1. The van der Waals surface area contributed by atoms with Crippen LogP contribution in [0.25, 0.3) is 0 Å². The molecular formula is C15H21Cl4O2+. The zero-order valence-electron chi connectivity index (χ0n) is 12.0. The van der Waals surface area contributed by atoms with E-state index in [0.717, 1.165) is 18.4 Å². The van der Waals surface area contributed by atoms with E-state index >= 15 is 0 Å². The van der Waals surface area contributed by atoms with E-state index in [2.05, 4.69) is 13.8 Å². The van der Waals surface area contributed by atoms with Gasteiger partial charge in [-0.15, -0.1) is 34.8 Å². The minimum Gasteiger partial charge on any atom is -0.509 e. The Morgan fingerprint density at radius 1 is 1.19 bits per heavy atom. The summed E-state index contributed by atoms with van der Waals surface area (Å²) in [5.41, 5.74) is 0.931. The van der Waals surface area contributed by atoms with Crippen molar-refractivity contribution in [1.82, 2.24) is 0 Å². The lowest BCUT2D eigenvalue weighted by Crippen LogP contribution is -2.44. The van der Waals surface area contributed by atoms with Gasteiger partial charge in [-0.25, -0.2) is 0 Å². The fourth-order valence-corrected chi connectivity index (χ4v) is 4.64. The summed E-state index contributed by atoms with van der Waals surface area (Å²) < 4.78 is 0. The summed E-state index contributed by atoms with van der Waals surface area (Å²) in [4.78, 5) is 0. The van der Waals surface area contributed by atoms with Crippen molar-refractivity contribution in [3.63, 3.8) is 0 Å². The van der Waals surface area contributed by atoms with Gasteiger partial charge in [-0.2, -0.15) is 0 Å². The summed E-state index contributed by atoms with van der Waals surface area (Å²) in [7, 11) is 0. The van der Waals surface area contributed by atoms with Crippen LogP contribution in [0.5, 0.6) is 0 Å². The molecule has 1 fully saturated rings. The van der Waals surface area contributed by atoms with E-state index in [0.29, 0.717) is 11.5 Å². The van der Waals surface area contributed by atoms with Gasteiger partial charge in [-0.1, -0.05) is 31.0 Å². The second-order valence-electron chi connectivity index (χ2n) is 6.52. The van der Waals surface area contributed by atoms with Crippen molar-refractivity contribution >= 4 is 46.4 Å². The standard InChI is InChI=1S/C15H20Cl4O2/c1-15(2,7-3-9(16)13(20)10(17)4-7)8-5-11(18)14(21)12(19)6-8/h3,8,10-12,14,20-21H,4-6H2,1-2H3/p+1. The van der Waals surface area contributed by atoms with Crippen molar-refractivity contribution in [2.24, 2.45) is 11.3 Å². The van der Waals surface area contributed by atoms with Crippen molar-refractivity contribution in [2.75, 3.05) is 0 Å². The molecule has 1 saturated carbocycles. The molecule has 2 aliphatic rings. The monoisotopic (exact) mass is 373 g/mol. The van der Waals surface area contributed by atoms with Crippen LogP contribution in [0.15, 0.2) is 22.4 Å². The third-order valence-electron chi connectivity index (χ3n) is 4.89. The van der Waals surface area contributed by atoms with Crippen LogP contribution < -0.4 is 0 Å². The molecule has 0 aromatic carbocycles. The molecule has 0 aliphatic heterocycles. The topological polar surface area (TPSA) is 43.1 Å². The molecule has 2 rings (SSSR count). The summed E-state index contributed by atoms with van der Waals surface area (Å²) in [6.07, 6.45) is 3.47. The maximum atomic E-state index is 9.76. The predicted octanol–water partition coefficient (Wildman–Crippen LogP) is 4.68. The van der Waals surface area contributed by atoms with E-state index in [-0.39, 0.29) is 27.8 Å². The SMILES string of the molecule is CC(C)(C1=CC(Cl)=C(O)C(Cl)C1)C1CC(Cl)C([OH2+])C(Cl)C1. The fraction of sp³-hybridized carbons (Fsp3) is 0.733. The molecule has 0 aromatic rings. The molecule has 0 spiro atoms. The normalized spacial score (nSPS) is 38.4. The van der Waals surface area contributed by atoms with E-state index in [4.69, 9.17) is 51.5 Å². The molecular weight excluding hydrogens is 354 g/mol. The second kappa shape index (κ2) is 6.49. The van der Waals surface area contributed by atoms with Crippen molar-refractivity contribution in [3.05, 3.63) is 22.4 Å². The first-order valence-electron chi connectivity index (χ1n) is 7.07. The highest BCUT2D eigenvalue weighted by molar-refractivity contribution is 6.33. The molecule has 21 heavy (non-hydrogen) atoms. The molecule has 120 valence electrons. The first-order valence-corrected chi connectivity index (χ1v) is 8.76. The quantitative estimate of drug-likeness (QED) is 0.553. The summed E-state index contributed by atoms with van der Waals surface area (Å²) in [6.45, 7) is 4.27. The van der Waals surface area contributed by atoms with Crippen molar-refractivity contribution in [1.29, 1.82) is 0 Å². The smallest absolute Gasteiger partial charge is 0.186 e. The van der Waals surface area contributed by atoms with Crippen LogP contribution in [0.4, 0.5) is 0 Å². The van der Waals surface area contributed by atoms with Crippen molar-refractivity contribution in [3.8, 4) is 0 Å². The Morgan fingerprint density at radius 2 is 1.71 bits per heavy atom. The molecule has 0 heterocycles. The lowest BCUT2D eigenvalue weighted by molar-refractivity contribution is 0.0846. The second-order valence-corrected chi connectivity index (χ2v) is 8.58. The Kier molecular flexibility index (Phi) is 5.48. The van der Waals surface area contributed by atoms with Crippen LogP contribution in [0, 0.1) is 11.3 Å². The largest absolute Gasteiger partial charge is 0.509 e. The van der Waals surface area contributed by atoms with Crippen LogP contribution >= 0.6 is 46.4 Å². The van der Waals surface area contributed by atoms with Crippen LogP contribution in [0.3, 0.4) is 0 Å². The number of aliphatic hydroxyl groups is 1. The number of aliphatic hydroxyl groups excluding tert-OH is 1. The highest BCUT2D eigenvalue weighted by Crippen LogP contribution is 2.49. The number of alkyl halides is 3. The Morgan fingerprint density at radius 3 is 2.19 bits per heavy atom. The van der Waals surface area contributed by atoms with Crippen LogP contribution in [0.1, 0.15) is 33.1 Å². The number of rotatable bonds is 2. The lowest BCUT2D eigenvalue weighted by Gasteiger charge is -2.43. The van der Waals surface area contributed by atoms with E-state index in [9.17, 15) is 5.11 Å². The number of hydrogen-bond acceptors (Lipinski definition) is 1. The third-order valence-corrected chi connectivity index (χ3v) is 6.45. The first kappa shape index (κ1) is 17.7. The molecule has 0 amide bonds. The average molecular weight is 375 g/mol. The lowest BCUT2D eigenvalue weighted by atomic mass is 9.65. The maximum absolute atomic E-state index is 9.76. The summed E-state index contributed by atoms with van der Waals surface area (Å²) in [5.74, 6) is 0.308. The van der Waals surface area contributed by atoms with Gasteiger partial charge in [0.15, 0.2) is 6.10 Å². The molecule has 3 N–H and O–H groups in total. The van der Waals surface area contributed by atoms with E-state index in [1.165, 1.54) is 0 Å². The molecule has 3 unspecified atom stereocenters. The van der Waals surface area contributed by atoms with Gasteiger partial charge in [-0.05, 0) is 36.7 Å². The Balaban J connectivity index is 2.24. The van der Waals surface area contributed by atoms with Gasteiger partial charge in [0, 0.05) is 0 Å².